The van der Waals surface area contributed by atoms with E-state index in [1.807, 2.05) is 0 Å². The van der Waals surface area contributed by atoms with Crippen LogP contribution in [-0.4, -0.2) is 62.4 Å². The van der Waals surface area contributed by atoms with Gasteiger partial charge >= 0.3 is 0 Å². The number of morpholine rings is 1. The summed E-state index contributed by atoms with van der Waals surface area (Å²) in [5.74, 6) is -0.0326. The molecule has 27 heavy (non-hydrogen) atoms. The second-order valence-electron chi connectivity index (χ2n) is 6.94. The third-order valence-corrected chi connectivity index (χ3v) is 5.00. The molecule has 0 bridgehead atoms. The Labute approximate surface area is 174 Å². The molecular weight excluding hydrogens is 389 g/mol. The van der Waals surface area contributed by atoms with Crippen LogP contribution in [0.3, 0.4) is 0 Å². The number of nitrogens with one attached hydrogen (secondary N) is 1. The molecule has 154 valence electrons. The van der Waals surface area contributed by atoms with Gasteiger partial charge in [-0.15, -0.1) is 24.8 Å². The summed E-state index contributed by atoms with van der Waals surface area (Å²) in [4.78, 5) is 15.0. The zero-order valence-electron chi connectivity index (χ0n) is 15.8. The minimum Gasteiger partial charge on any atom is -0.379 e. The molecule has 0 aromatic heterocycles. The van der Waals surface area contributed by atoms with Gasteiger partial charge in [0, 0.05) is 26.2 Å². The largest absolute Gasteiger partial charge is 0.379 e. The lowest BCUT2D eigenvalue weighted by molar-refractivity contribution is -0.132. The quantitative estimate of drug-likeness (QED) is 0.735. The van der Waals surface area contributed by atoms with Gasteiger partial charge < -0.3 is 20.5 Å². The van der Waals surface area contributed by atoms with Gasteiger partial charge in [-0.2, -0.15) is 0 Å². The first kappa shape index (κ1) is 24.1. The first-order valence-electron chi connectivity index (χ1n) is 9.18. The highest BCUT2D eigenvalue weighted by Gasteiger charge is 2.31. The Morgan fingerprint density at radius 3 is 2.48 bits per heavy atom. The number of carbonyl (C=O) groups excluding carboxylic acids is 1. The van der Waals surface area contributed by atoms with E-state index in [1.165, 1.54) is 5.56 Å². The van der Waals surface area contributed by atoms with E-state index in [2.05, 4.69) is 41.4 Å². The number of carbonyl (C=O) groups is 1. The van der Waals surface area contributed by atoms with Crippen LogP contribution < -0.4 is 11.1 Å². The Hall–Kier alpha value is -0.890. The van der Waals surface area contributed by atoms with Crippen molar-refractivity contribution in [1.82, 2.24) is 10.2 Å². The van der Waals surface area contributed by atoms with Crippen LogP contribution in [0.2, 0.25) is 0 Å². The third-order valence-electron chi connectivity index (χ3n) is 5.00. The topological polar surface area (TPSA) is 76.8 Å². The molecule has 3 rings (SSSR count). The molecule has 1 aromatic rings. The van der Waals surface area contributed by atoms with Crippen LogP contribution in [0.25, 0.3) is 0 Å². The molecule has 0 spiro atoms. The Balaban J connectivity index is 0.00000182. The van der Waals surface area contributed by atoms with Gasteiger partial charge in [-0.3, -0.25) is 9.69 Å². The van der Waals surface area contributed by atoms with Crippen molar-refractivity contribution in [3.05, 3.63) is 35.4 Å². The van der Waals surface area contributed by atoms with Gasteiger partial charge in [0.2, 0.25) is 5.91 Å². The number of hydrogen-bond acceptors (Lipinski definition) is 5. The highest BCUT2D eigenvalue weighted by Crippen LogP contribution is 2.21. The highest BCUT2D eigenvalue weighted by atomic mass is 35.5. The van der Waals surface area contributed by atoms with Crippen molar-refractivity contribution in [2.45, 2.75) is 38.0 Å². The van der Waals surface area contributed by atoms with Gasteiger partial charge in [-0.25, -0.2) is 0 Å². The molecule has 2 heterocycles. The van der Waals surface area contributed by atoms with E-state index < -0.39 is 0 Å². The highest BCUT2D eigenvalue weighted by molar-refractivity contribution is 5.85. The summed E-state index contributed by atoms with van der Waals surface area (Å²) in [6.07, 6.45) is 1.22. The van der Waals surface area contributed by atoms with Gasteiger partial charge in [-0.1, -0.05) is 29.8 Å². The fourth-order valence-electron chi connectivity index (χ4n) is 3.41. The average Bonchev–Trinajstić information content (AvgIpc) is 3.12. The lowest BCUT2D eigenvalue weighted by atomic mass is 10.0. The van der Waals surface area contributed by atoms with Gasteiger partial charge in [-0.05, 0) is 25.3 Å². The summed E-state index contributed by atoms with van der Waals surface area (Å²) >= 11 is 0. The third kappa shape index (κ3) is 6.89. The van der Waals surface area contributed by atoms with Crippen LogP contribution in [0.5, 0.6) is 0 Å². The van der Waals surface area contributed by atoms with Crippen molar-refractivity contribution in [3.63, 3.8) is 0 Å². The molecule has 2 aliphatic heterocycles. The summed E-state index contributed by atoms with van der Waals surface area (Å²) < 4.78 is 11.2. The van der Waals surface area contributed by atoms with Crippen LogP contribution in [0.15, 0.2) is 24.3 Å². The number of aryl methyl sites for hydroxylation is 1. The number of rotatable bonds is 6. The second kappa shape index (κ2) is 11.8. The summed E-state index contributed by atoms with van der Waals surface area (Å²) in [6.45, 7) is 6.61. The zero-order valence-corrected chi connectivity index (χ0v) is 17.4. The van der Waals surface area contributed by atoms with E-state index in [0.717, 1.165) is 51.3 Å². The molecule has 3 atom stereocenters. The van der Waals surface area contributed by atoms with E-state index >= 15 is 0 Å². The van der Waals surface area contributed by atoms with Gasteiger partial charge in [0.15, 0.2) is 0 Å². The van der Waals surface area contributed by atoms with Crippen molar-refractivity contribution >= 4 is 30.7 Å². The van der Waals surface area contributed by atoms with Crippen LogP contribution in [0.1, 0.15) is 30.0 Å². The first-order valence-corrected chi connectivity index (χ1v) is 9.18. The van der Waals surface area contributed by atoms with Gasteiger partial charge in [0.1, 0.15) is 6.10 Å². The van der Waals surface area contributed by atoms with Crippen molar-refractivity contribution in [2.24, 2.45) is 5.73 Å². The fourth-order valence-corrected chi connectivity index (χ4v) is 3.41. The van der Waals surface area contributed by atoms with E-state index in [-0.39, 0.29) is 49.0 Å². The van der Waals surface area contributed by atoms with Crippen molar-refractivity contribution < 1.29 is 14.3 Å². The van der Waals surface area contributed by atoms with Crippen molar-refractivity contribution in [3.8, 4) is 0 Å². The Morgan fingerprint density at radius 2 is 1.89 bits per heavy atom. The number of benzene rings is 1. The molecular formula is C19H31Cl2N3O3. The van der Waals surface area contributed by atoms with Gasteiger partial charge in [0.25, 0.3) is 0 Å². The normalized spacial score (nSPS) is 23.8. The summed E-state index contributed by atoms with van der Waals surface area (Å²) in [5.41, 5.74) is 7.99. The molecule has 0 radical (unpaired) electrons. The molecule has 0 saturated carbocycles. The molecule has 2 aliphatic rings. The molecule has 6 nitrogen and oxygen atoms in total. The van der Waals surface area contributed by atoms with Crippen molar-refractivity contribution in [1.29, 1.82) is 0 Å². The molecule has 2 saturated heterocycles. The van der Waals surface area contributed by atoms with E-state index in [9.17, 15) is 4.79 Å². The minimum atomic E-state index is -0.383. The van der Waals surface area contributed by atoms with Crippen LogP contribution in [0.4, 0.5) is 0 Å². The van der Waals surface area contributed by atoms with E-state index in [0.29, 0.717) is 6.54 Å². The monoisotopic (exact) mass is 419 g/mol. The van der Waals surface area contributed by atoms with E-state index in [4.69, 9.17) is 15.2 Å². The van der Waals surface area contributed by atoms with Crippen molar-refractivity contribution in [2.75, 3.05) is 39.4 Å². The summed E-state index contributed by atoms with van der Waals surface area (Å²) in [7, 11) is 0. The molecule has 3 N–H and O–H groups in total. The van der Waals surface area contributed by atoms with Crippen LogP contribution in [-0.2, 0) is 14.3 Å². The smallest absolute Gasteiger partial charge is 0.249 e. The maximum Gasteiger partial charge on any atom is 0.249 e. The second-order valence-corrected chi connectivity index (χ2v) is 6.94. The maximum absolute atomic E-state index is 12.7. The molecule has 0 aliphatic carbocycles. The molecule has 1 unspecified atom stereocenters. The standard InChI is InChI=1S/C19H29N3O3.2ClH/c1-14-2-4-15(5-3-14)17(13-22-8-10-24-11-9-22)21-19(23)18-7-6-16(12-20)25-18;;/h2-5,16-18H,6-13,20H2,1H3,(H,21,23);2*1H/t16-,17?,18+;;/m1../s1. The first-order chi connectivity index (χ1) is 12.2. The number of halogens is 2. The number of nitrogens with two attached hydrogens (primary N) is 1. The van der Waals surface area contributed by atoms with Crippen LogP contribution >= 0.6 is 24.8 Å². The molecule has 2 fully saturated rings. The Kier molecular flexibility index (Phi) is 10.6. The maximum atomic E-state index is 12.7. The van der Waals surface area contributed by atoms with Crippen LogP contribution in [0, 0.1) is 6.92 Å². The summed E-state index contributed by atoms with van der Waals surface area (Å²) in [6, 6.07) is 8.32. The number of hydrogen-bond donors (Lipinski definition) is 2. The predicted octanol–water partition coefficient (Wildman–Crippen LogP) is 1.83. The molecule has 8 heteroatoms. The Bertz CT molecular complexity index is 568. The minimum absolute atomic E-state index is 0. The number of nitrogens with zero attached hydrogens (tertiary/aromatic N) is 1. The number of amides is 1. The fraction of sp³-hybridized carbons (Fsp3) is 0.632. The molecule has 1 aromatic carbocycles. The summed E-state index contributed by atoms with van der Waals surface area (Å²) in [5, 5.41) is 3.20. The Morgan fingerprint density at radius 1 is 1.22 bits per heavy atom. The lowest BCUT2D eigenvalue weighted by Gasteiger charge is -2.31. The zero-order chi connectivity index (χ0) is 17.6. The van der Waals surface area contributed by atoms with Gasteiger partial charge in [0.05, 0.1) is 25.4 Å². The average molecular weight is 420 g/mol. The lowest BCUT2D eigenvalue weighted by Crippen LogP contribution is -2.45. The molecule has 1 amide bonds. The SMILES string of the molecule is Cc1ccc(C(CN2CCOCC2)NC(=O)[C@@H]2CC[C@H](CN)O2)cc1.Cl.Cl. The number of ether oxygens (including phenoxy) is 2. The predicted molar refractivity (Wildman–Crippen MR) is 111 cm³/mol. The van der Waals surface area contributed by atoms with E-state index in [1.54, 1.807) is 0 Å².